The molecule has 2 heterocycles. The first-order valence-electron chi connectivity index (χ1n) is 8.95. The van der Waals surface area contributed by atoms with E-state index in [2.05, 4.69) is 29.5 Å². The fraction of sp³-hybridized carbons (Fsp3) is 0.381. The van der Waals surface area contributed by atoms with Gasteiger partial charge in [0, 0.05) is 30.2 Å². The van der Waals surface area contributed by atoms with Crippen LogP contribution < -0.4 is 4.74 Å². The standard InChI is InChI=1S/C21H23FN2O/c1-14-15(2)24(13-17-3-4-17)20-19(14)9-11-23-21(20)25-12-10-16-5-7-18(22)8-6-16/h5-9,11,17H,3-4,10,12-13H2,1-2H3. The van der Waals surface area contributed by atoms with E-state index in [0.29, 0.717) is 12.5 Å². The summed E-state index contributed by atoms with van der Waals surface area (Å²) in [6.45, 7) is 5.93. The number of halogens is 1. The zero-order chi connectivity index (χ0) is 17.4. The minimum Gasteiger partial charge on any atom is -0.476 e. The zero-order valence-electron chi connectivity index (χ0n) is 14.8. The van der Waals surface area contributed by atoms with Crippen molar-refractivity contribution in [2.75, 3.05) is 6.61 Å². The quantitative estimate of drug-likeness (QED) is 0.644. The van der Waals surface area contributed by atoms with Gasteiger partial charge in [-0.1, -0.05) is 12.1 Å². The Kier molecular flexibility index (Phi) is 4.20. The predicted molar refractivity (Wildman–Crippen MR) is 97.5 cm³/mol. The van der Waals surface area contributed by atoms with Crippen LogP contribution in [0.4, 0.5) is 4.39 Å². The molecule has 0 N–H and O–H groups in total. The Labute approximate surface area is 147 Å². The van der Waals surface area contributed by atoms with Crippen LogP contribution in [-0.2, 0) is 13.0 Å². The lowest BCUT2D eigenvalue weighted by molar-refractivity contribution is 0.312. The highest BCUT2D eigenvalue weighted by atomic mass is 19.1. The van der Waals surface area contributed by atoms with Crippen molar-refractivity contribution in [1.82, 2.24) is 9.55 Å². The molecule has 0 amide bonds. The fourth-order valence-electron chi connectivity index (χ4n) is 3.37. The van der Waals surface area contributed by atoms with Crippen molar-refractivity contribution in [1.29, 1.82) is 0 Å². The van der Waals surface area contributed by atoms with Gasteiger partial charge in [-0.05, 0) is 61.9 Å². The normalized spacial score (nSPS) is 14.2. The summed E-state index contributed by atoms with van der Waals surface area (Å²) in [6, 6.07) is 8.66. The lowest BCUT2D eigenvalue weighted by atomic mass is 10.1. The number of ether oxygens (including phenoxy) is 1. The second-order valence-electron chi connectivity index (χ2n) is 7.00. The molecule has 0 unspecified atom stereocenters. The van der Waals surface area contributed by atoms with E-state index in [1.165, 1.54) is 41.6 Å². The summed E-state index contributed by atoms with van der Waals surface area (Å²) in [4.78, 5) is 4.49. The maximum atomic E-state index is 13.0. The van der Waals surface area contributed by atoms with Gasteiger partial charge in [-0.3, -0.25) is 0 Å². The summed E-state index contributed by atoms with van der Waals surface area (Å²) in [5, 5.41) is 1.23. The van der Waals surface area contributed by atoms with E-state index in [4.69, 9.17) is 4.74 Å². The number of hydrogen-bond acceptors (Lipinski definition) is 2. The third-order valence-corrected chi connectivity index (χ3v) is 5.19. The molecule has 0 aliphatic heterocycles. The average Bonchev–Trinajstić information content (AvgIpc) is 3.40. The smallest absolute Gasteiger partial charge is 0.238 e. The van der Waals surface area contributed by atoms with Crippen molar-refractivity contribution in [3.63, 3.8) is 0 Å². The largest absolute Gasteiger partial charge is 0.476 e. The molecule has 3 aromatic rings. The van der Waals surface area contributed by atoms with E-state index in [9.17, 15) is 4.39 Å². The van der Waals surface area contributed by atoms with Gasteiger partial charge >= 0.3 is 0 Å². The minimum atomic E-state index is -0.208. The fourth-order valence-corrected chi connectivity index (χ4v) is 3.37. The SMILES string of the molecule is Cc1c(C)n(CC2CC2)c2c(OCCc3ccc(F)cc3)nccc12. The molecule has 1 saturated carbocycles. The molecule has 25 heavy (non-hydrogen) atoms. The summed E-state index contributed by atoms with van der Waals surface area (Å²) in [5.41, 5.74) is 4.79. The summed E-state index contributed by atoms with van der Waals surface area (Å²) in [7, 11) is 0. The third-order valence-electron chi connectivity index (χ3n) is 5.19. The first kappa shape index (κ1) is 16.1. The maximum absolute atomic E-state index is 13.0. The van der Waals surface area contributed by atoms with Crippen molar-refractivity contribution in [2.45, 2.75) is 39.7 Å². The Morgan fingerprint density at radius 1 is 1.16 bits per heavy atom. The molecule has 1 fully saturated rings. The summed E-state index contributed by atoms with van der Waals surface area (Å²) >= 11 is 0. The molecule has 130 valence electrons. The summed E-state index contributed by atoms with van der Waals surface area (Å²) < 4.78 is 21.4. The van der Waals surface area contributed by atoms with Crippen LogP contribution in [0, 0.1) is 25.6 Å². The van der Waals surface area contributed by atoms with Crippen molar-refractivity contribution in [3.8, 4) is 5.88 Å². The molecule has 3 nitrogen and oxygen atoms in total. The Bertz CT molecular complexity index is 894. The maximum Gasteiger partial charge on any atom is 0.238 e. The Morgan fingerprint density at radius 2 is 1.92 bits per heavy atom. The number of aromatic nitrogens is 2. The molecular formula is C21H23FN2O. The van der Waals surface area contributed by atoms with Crippen LogP contribution in [0.15, 0.2) is 36.5 Å². The van der Waals surface area contributed by atoms with Crippen LogP contribution in [0.5, 0.6) is 5.88 Å². The number of pyridine rings is 1. The molecular weight excluding hydrogens is 315 g/mol. The van der Waals surface area contributed by atoms with Gasteiger partial charge < -0.3 is 9.30 Å². The average molecular weight is 338 g/mol. The molecule has 0 radical (unpaired) electrons. The molecule has 0 saturated heterocycles. The van der Waals surface area contributed by atoms with Crippen molar-refractivity contribution >= 4 is 10.9 Å². The van der Waals surface area contributed by atoms with Gasteiger partial charge in [0.15, 0.2) is 0 Å². The van der Waals surface area contributed by atoms with Gasteiger partial charge in [-0.25, -0.2) is 9.37 Å². The number of hydrogen-bond donors (Lipinski definition) is 0. The molecule has 0 atom stereocenters. The monoisotopic (exact) mass is 338 g/mol. The highest BCUT2D eigenvalue weighted by Gasteiger charge is 2.25. The number of rotatable bonds is 6. The van der Waals surface area contributed by atoms with E-state index in [1.54, 1.807) is 12.1 Å². The molecule has 4 rings (SSSR count). The van der Waals surface area contributed by atoms with Gasteiger partial charge in [0.25, 0.3) is 0 Å². The number of aryl methyl sites for hydroxylation is 1. The summed E-state index contributed by atoms with van der Waals surface area (Å²) in [5.74, 6) is 1.29. The van der Waals surface area contributed by atoms with E-state index in [1.807, 2.05) is 6.20 Å². The van der Waals surface area contributed by atoms with E-state index < -0.39 is 0 Å². The second kappa shape index (κ2) is 6.51. The molecule has 4 heteroatoms. The van der Waals surface area contributed by atoms with Gasteiger partial charge in [0.1, 0.15) is 11.3 Å². The van der Waals surface area contributed by atoms with Crippen LogP contribution in [0.2, 0.25) is 0 Å². The second-order valence-corrected chi connectivity index (χ2v) is 7.00. The van der Waals surface area contributed by atoms with Crippen LogP contribution in [0.1, 0.15) is 29.7 Å². The highest BCUT2D eigenvalue weighted by molar-refractivity contribution is 5.88. The van der Waals surface area contributed by atoms with Crippen LogP contribution in [0.25, 0.3) is 10.9 Å². The number of nitrogens with zero attached hydrogens (tertiary/aromatic N) is 2. The lowest BCUT2D eigenvalue weighted by Crippen LogP contribution is -2.07. The Hall–Kier alpha value is -2.36. The van der Waals surface area contributed by atoms with Crippen LogP contribution >= 0.6 is 0 Å². The molecule has 0 bridgehead atoms. The number of benzene rings is 1. The third kappa shape index (κ3) is 3.26. The topological polar surface area (TPSA) is 27.1 Å². The van der Waals surface area contributed by atoms with Crippen molar-refractivity contribution in [3.05, 3.63) is 59.2 Å². The first-order chi connectivity index (χ1) is 12.1. The predicted octanol–water partition coefficient (Wildman–Crippen LogP) is 4.82. The molecule has 0 spiro atoms. The van der Waals surface area contributed by atoms with Gasteiger partial charge in [-0.15, -0.1) is 0 Å². The molecule has 1 aliphatic rings. The first-order valence-corrected chi connectivity index (χ1v) is 8.95. The van der Waals surface area contributed by atoms with E-state index in [-0.39, 0.29) is 5.82 Å². The zero-order valence-corrected chi connectivity index (χ0v) is 14.8. The molecule has 1 aromatic carbocycles. The Balaban J connectivity index is 1.58. The van der Waals surface area contributed by atoms with Gasteiger partial charge in [-0.2, -0.15) is 0 Å². The molecule has 1 aliphatic carbocycles. The van der Waals surface area contributed by atoms with Crippen molar-refractivity contribution < 1.29 is 9.13 Å². The van der Waals surface area contributed by atoms with Crippen molar-refractivity contribution in [2.24, 2.45) is 5.92 Å². The summed E-state index contributed by atoms with van der Waals surface area (Å²) in [6.07, 6.45) is 5.20. The van der Waals surface area contributed by atoms with Crippen LogP contribution in [0.3, 0.4) is 0 Å². The van der Waals surface area contributed by atoms with Crippen LogP contribution in [-0.4, -0.2) is 16.2 Å². The molecule has 2 aromatic heterocycles. The Morgan fingerprint density at radius 3 is 2.64 bits per heavy atom. The highest BCUT2D eigenvalue weighted by Crippen LogP contribution is 2.36. The van der Waals surface area contributed by atoms with E-state index >= 15 is 0 Å². The van der Waals surface area contributed by atoms with Gasteiger partial charge in [0.2, 0.25) is 5.88 Å². The minimum absolute atomic E-state index is 0.208. The lowest BCUT2D eigenvalue weighted by Gasteiger charge is -2.11. The van der Waals surface area contributed by atoms with Gasteiger partial charge in [0.05, 0.1) is 6.61 Å². The van der Waals surface area contributed by atoms with E-state index in [0.717, 1.165) is 30.0 Å². The number of fused-ring (bicyclic) bond motifs is 1.